The highest BCUT2D eigenvalue weighted by molar-refractivity contribution is 5.30. The summed E-state index contributed by atoms with van der Waals surface area (Å²) in [7, 11) is 0. The normalized spacial score (nSPS) is 23.2. The average molecular weight is 273 g/mol. The lowest BCUT2D eigenvalue weighted by Crippen LogP contribution is -2.40. The van der Waals surface area contributed by atoms with Crippen molar-refractivity contribution in [2.75, 3.05) is 6.54 Å². The predicted octanol–water partition coefficient (Wildman–Crippen LogP) is 4.65. The monoisotopic (exact) mass is 273 g/mol. The van der Waals surface area contributed by atoms with E-state index in [0.717, 1.165) is 11.8 Å². The molecule has 1 N–H and O–H groups in total. The minimum atomic E-state index is 0.244. The minimum Gasteiger partial charge on any atom is -0.312 e. The van der Waals surface area contributed by atoms with Gasteiger partial charge in [-0.3, -0.25) is 0 Å². The maximum atomic E-state index is 3.70. The van der Waals surface area contributed by atoms with Gasteiger partial charge in [0, 0.05) is 5.54 Å². The van der Waals surface area contributed by atoms with E-state index < -0.39 is 0 Å². The highest BCUT2D eigenvalue weighted by Crippen LogP contribution is 2.34. The Kier molecular flexibility index (Phi) is 4.90. The van der Waals surface area contributed by atoms with Gasteiger partial charge in [0.2, 0.25) is 0 Å². The van der Waals surface area contributed by atoms with Crippen LogP contribution >= 0.6 is 0 Å². The van der Waals surface area contributed by atoms with Crippen molar-refractivity contribution in [3.63, 3.8) is 0 Å². The van der Waals surface area contributed by atoms with Gasteiger partial charge in [0.1, 0.15) is 0 Å². The second-order valence-electron chi connectivity index (χ2n) is 7.70. The summed E-state index contributed by atoms with van der Waals surface area (Å²) >= 11 is 0. The van der Waals surface area contributed by atoms with E-state index in [1.54, 1.807) is 0 Å². The van der Waals surface area contributed by atoms with Crippen molar-refractivity contribution in [2.45, 2.75) is 65.8 Å². The van der Waals surface area contributed by atoms with Crippen LogP contribution in [-0.2, 0) is 6.42 Å². The predicted molar refractivity (Wildman–Crippen MR) is 88.2 cm³/mol. The molecule has 2 atom stereocenters. The Morgan fingerprint density at radius 3 is 2.40 bits per heavy atom. The first-order valence-corrected chi connectivity index (χ1v) is 8.16. The van der Waals surface area contributed by atoms with Crippen LogP contribution in [0.15, 0.2) is 18.2 Å². The highest BCUT2D eigenvalue weighted by atomic mass is 14.9. The smallest absolute Gasteiger partial charge is 0.00966 e. The lowest BCUT2D eigenvalue weighted by molar-refractivity contribution is 0.317. The number of benzene rings is 1. The summed E-state index contributed by atoms with van der Waals surface area (Å²) in [6.07, 6.45) is 5.48. The Hall–Kier alpha value is -0.820. The van der Waals surface area contributed by atoms with Gasteiger partial charge < -0.3 is 5.32 Å². The Labute approximate surface area is 125 Å². The molecule has 0 saturated heterocycles. The number of nitrogens with one attached hydrogen (secondary N) is 1. The van der Waals surface area contributed by atoms with Crippen LogP contribution in [0.5, 0.6) is 0 Å². The molecule has 1 fully saturated rings. The van der Waals surface area contributed by atoms with Crippen molar-refractivity contribution >= 4 is 0 Å². The van der Waals surface area contributed by atoms with E-state index in [1.807, 2.05) is 0 Å². The van der Waals surface area contributed by atoms with Crippen LogP contribution in [0.1, 0.15) is 56.7 Å². The topological polar surface area (TPSA) is 12.0 Å². The zero-order valence-electron chi connectivity index (χ0n) is 13.9. The van der Waals surface area contributed by atoms with Crippen molar-refractivity contribution in [3.8, 4) is 0 Å². The molecule has 1 aliphatic carbocycles. The van der Waals surface area contributed by atoms with Crippen molar-refractivity contribution in [1.82, 2.24) is 5.32 Å². The van der Waals surface area contributed by atoms with Gasteiger partial charge in [0.05, 0.1) is 0 Å². The second-order valence-corrected chi connectivity index (χ2v) is 7.70. The van der Waals surface area contributed by atoms with Crippen molar-refractivity contribution in [3.05, 3.63) is 34.9 Å². The third kappa shape index (κ3) is 4.34. The molecule has 1 saturated carbocycles. The quantitative estimate of drug-likeness (QED) is 0.842. The molecule has 0 spiro atoms. The van der Waals surface area contributed by atoms with Gasteiger partial charge in [-0.15, -0.1) is 0 Å². The van der Waals surface area contributed by atoms with E-state index in [9.17, 15) is 0 Å². The lowest BCUT2D eigenvalue weighted by atomic mass is 9.88. The van der Waals surface area contributed by atoms with E-state index in [-0.39, 0.29) is 5.54 Å². The second kappa shape index (κ2) is 6.30. The van der Waals surface area contributed by atoms with Crippen LogP contribution in [0.3, 0.4) is 0 Å². The summed E-state index contributed by atoms with van der Waals surface area (Å²) in [5.74, 6) is 1.72. The molecule has 1 heteroatoms. The number of aryl methyl sites for hydroxylation is 2. The average Bonchev–Trinajstić information content (AvgIpc) is 2.78. The largest absolute Gasteiger partial charge is 0.312 e. The maximum absolute atomic E-state index is 3.70. The lowest BCUT2D eigenvalue weighted by Gasteiger charge is -2.26. The van der Waals surface area contributed by atoms with E-state index in [2.05, 4.69) is 58.1 Å². The standard InChI is InChI=1S/C19H31N/c1-14-9-10-16(11-15(14)2)12-17-7-6-8-18(17)13-20-19(3,4)5/h9-11,17-18,20H,6-8,12-13H2,1-5H3. The van der Waals surface area contributed by atoms with Crippen LogP contribution in [0.4, 0.5) is 0 Å². The van der Waals surface area contributed by atoms with Gasteiger partial charge in [-0.25, -0.2) is 0 Å². The zero-order valence-corrected chi connectivity index (χ0v) is 13.9. The Morgan fingerprint density at radius 1 is 1.05 bits per heavy atom. The first kappa shape index (κ1) is 15.6. The molecule has 0 amide bonds. The van der Waals surface area contributed by atoms with Gasteiger partial charge in [-0.1, -0.05) is 24.6 Å². The first-order valence-electron chi connectivity index (χ1n) is 8.16. The summed E-state index contributed by atoms with van der Waals surface area (Å²) in [5.41, 5.74) is 4.62. The summed E-state index contributed by atoms with van der Waals surface area (Å²) < 4.78 is 0. The van der Waals surface area contributed by atoms with Crippen LogP contribution in [0, 0.1) is 25.7 Å². The minimum absolute atomic E-state index is 0.244. The molecular formula is C19H31N. The molecule has 0 bridgehead atoms. The molecule has 0 aromatic heterocycles. The zero-order chi connectivity index (χ0) is 14.8. The fourth-order valence-electron chi connectivity index (χ4n) is 3.32. The molecule has 0 heterocycles. The molecule has 1 aliphatic rings. The molecule has 0 aliphatic heterocycles. The van der Waals surface area contributed by atoms with E-state index in [1.165, 1.54) is 48.9 Å². The number of hydrogen-bond acceptors (Lipinski definition) is 1. The fourth-order valence-corrected chi connectivity index (χ4v) is 3.32. The molecule has 112 valence electrons. The third-order valence-electron chi connectivity index (χ3n) is 4.78. The molecule has 20 heavy (non-hydrogen) atoms. The Morgan fingerprint density at radius 2 is 1.75 bits per heavy atom. The first-order chi connectivity index (χ1) is 9.35. The van der Waals surface area contributed by atoms with E-state index in [4.69, 9.17) is 0 Å². The number of rotatable bonds is 4. The summed E-state index contributed by atoms with van der Waals surface area (Å²) in [6.45, 7) is 12.4. The van der Waals surface area contributed by atoms with Crippen LogP contribution in [0.25, 0.3) is 0 Å². The molecule has 1 nitrogen and oxygen atoms in total. The van der Waals surface area contributed by atoms with Gasteiger partial charge in [-0.05, 0) is 89.0 Å². The summed E-state index contributed by atoms with van der Waals surface area (Å²) in [6, 6.07) is 7.00. The van der Waals surface area contributed by atoms with Crippen LogP contribution < -0.4 is 5.32 Å². The third-order valence-corrected chi connectivity index (χ3v) is 4.78. The van der Waals surface area contributed by atoms with Crippen LogP contribution in [0.2, 0.25) is 0 Å². The summed E-state index contributed by atoms with van der Waals surface area (Å²) in [4.78, 5) is 0. The Balaban J connectivity index is 1.95. The molecule has 2 unspecified atom stereocenters. The molecular weight excluding hydrogens is 242 g/mol. The molecule has 2 rings (SSSR count). The van der Waals surface area contributed by atoms with Crippen LogP contribution in [-0.4, -0.2) is 12.1 Å². The maximum Gasteiger partial charge on any atom is 0.00966 e. The SMILES string of the molecule is Cc1ccc(CC2CCCC2CNC(C)(C)C)cc1C. The summed E-state index contributed by atoms with van der Waals surface area (Å²) in [5, 5.41) is 3.70. The fraction of sp³-hybridized carbons (Fsp3) is 0.684. The number of hydrogen-bond donors (Lipinski definition) is 1. The van der Waals surface area contributed by atoms with Crippen molar-refractivity contribution < 1.29 is 0 Å². The molecule has 1 aromatic carbocycles. The Bertz CT molecular complexity index is 442. The van der Waals surface area contributed by atoms with Gasteiger partial charge in [-0.2, -0.15) is 0 Å². The molecule has 0 radical (unpaired) electrons. The van der Waals surface area contributed by atoms with Gasteiger partial charge in [0.25, 0.3) is 0 Å². The van der Waals surface area contributed by atoms with Gasteiger partial charge in [0.15, 0.2) is 0 Å². The highest BCUT2D eigenvalue weighted by Gasteiger charge is 2.28. The van der Waals surface area contributed by atoms with Crippen molar-refractivity contribution in [2.24, 2.45) is 11.8 Å². The van der Waals surface area contributed by atoms with Crippen molar-refractivity contribution in [1.29, 1.82) is 0 Å². The van der Waals surface area contributed by atoms with E-state index >= 15 is 0 Å². The van der Waals surface area contributed by atoms with Gasteiger partial charge >= 0.3 is 0 Å². The van der Waals surface area contributed by atoms with E-state index in [0.29, 0.717) is 0 Å². The molecule has 1 aromatic rings.